The molecule has 2 rings (SSSR count). The van der Waals surface area contributed by atoms with Gasteiger partial charge in [-0.15, -0.1) is 0 Å². The van der Waals surface area contributed by atoms with Crippen LogP contribution >= 0.6 is 11.6 Å². The van der Waals surface area contributed by atoms with Crippen molar-refractivity contribution in [1.29, 1.82) is 0 Å². The van der Waals surface area contributed by atoms with E-state index in [-0.39, 0.29) is 0 Å². The fourth-order valence-corrected chi connectivity index (χ4v) is 2.16. The molecule has 88 valence electrons. The molecule has 0 aliphatic heterocycles. The molecule has 0 bridgehead atoms. The van der Waals surface area contributed by atoms with Crippen molar-refractivity contribution in [3.63, 3.8) is 0 Å². The Morgan fingerprint density at radius 2 is 2.25 bits per heavy atom. The van der Waals surface area contributed by atoms with Crippen molar-refractivity contribution in [2.45, 2.75) is 26.3 Å². The molecular weight excluding hydrogens is 222 g/mol. The summed E-state index contributed by atoms with van der Waals surface area (Å²) in [6.07, 6.45) is 2.76. The monoisotopic (exact) mass is 239 g/mol. The van der Waals surface area contributed by atoms with Crippen molar-refractivity contribution in [2.75, 3.05) is 6.54 Å². The van der Waals surface area contributed by atoms with E-state index in [1.807, 2.05) is 6.07 Å². The van der Waals surface area contributed by atoms with Gasteiger partial charge in [0.25, 0.3) is 0 Å². The van der Waals surface area contributed by atoms with Crippen molar-refractivity contribution in [3.8, 4) is 5.75 Å². The first-order chi connectivity index (χ1) is 7.66. The largest absolute Gasteiger partial charge is 0.508 e. The van der Waals surface area contributed by atoms with E-state index in [1.165, 1.54) is 12.8 Å². The molecule has 1 saturated carbocycles. The van der Waals surface area contributed by atoms with Crippen LogP contribution in [0.2, 0.25) is 5.02 Å². The number of phenolic OH excluding ortho intramolecular Hbond substituents is 1. The summed E-state index contributed by atoms with van der Waals surface area (Å²) in [6, 6.07) is 5.16. The second-order valence-corrected chi connectivity index (χ2v) is 5.16. The van der Waals surface area contributed by atoms with E-state index in [4.69, 9.17) is 11.6 Å². The predicted molar refractivity (Wildman–Crippen MR) is 66.7 cm³/mol. The number of rotatable bonds is 5. The minimum Gasteiger partial charge on any atom is -0.508 e. The van der Waals surface area contributed by atoms with Crippen LogP contribution in [0.1, 0.15) is 25.3 Å². The normalized spacial score (nSPS) is 17.4. The zero-order valence-electron chi connectivity index (χ0n) is 9.54. The number of nitrogens with one attached hydrogen (secondary N) is 1. The molecule has 1 unspecified atom stereocenters. The molecule has 0 heterocycles. The number of hydrogen-bond donors (Lipinski definition) is 2. The maximum atomic E-state index is 9.62. The highest BCUT2D eigenvalue weighted by atomic mass is 35.5. The van der Waals surface area contributed by atoms with Crippen molar-refractivity contribution in [1.82, 2.24) is 5.32 Å². The van der Waals surface area contributed by atoms with Crippen LogP contribution in [0, 0.1) is 11.8 Å². The lowest BCUT2D eigenvalue weighted by Gasteiger charge is -2.12. The second kappa shape index (κ2) is 5.07. The lowest BCUT2D eigenvalue weighted by Crippen LogP contribution is -2.21. The number of halogens is 1. The summed E-state index contributed by atoms with van der Waals surface area (Å²) < 4.78 is 0. The first-order valence-electron chi connectivity index (χ1n) is 5.85. The van der Waals surface area contributed by atoms with E-state index in [2.05, 4.69) is 12.2 Å². The predicted octanol–water partition coefficient (Wildman–Crippen LogP) is 3.18. The molecule has 0 amide bonds. The van der Waals surface area contributed by atoms with E-state index < -0.39 is 0 Å². The summed E-state index contributed by atoms with van der Waals surface area (Å²) in [4.78, 5) is 0. The van der Waals surface area contributed by atoms with Crippen LogP contribution in [0.4, 0.5) is 0 Å². The Labute approximate surface area is 102 Å². The van der Waals surface area contributed by atoms with Crippen molar-refractivity contribution in [3.05, 3.63) is 28.8 Å². The zero-order valence-corrected chi connectivity index (χ0v) is 10.3. The van der Waals surface area contributed by atoms with Crippen molar-refractivity contribution >= 4 is 11.6 Å². The molecule has 3 heteroatoms. The number of hydrogen-bond acceptors (Lipinski definition) is 2. The van der Waals surface area contributed by atoms with Crippen LogP contribution in [0.3, 0.4) is 0 Å². The summed E-state index contributed by atoms with van der Waals surface area (Å²) in [6.45, 7) is 3.97. The first kappa shape index (κ1) is 11.7. The van der Waals surface area contributed by atoms with Gasteiger partial charge in [-0.1, -0.05) is 18.5 Å². The van der Waals surface area contributed by atoms with Crippen LogP contribution in [-0.4, -0.2) is 11.7 Å². The van der Waals surface area contributed by atoms with E-state index in [1.54, 1.807) is 12.1 Å². The molecule has 0 aromatic heterocycles. The Hall–Kier alpha value is -0.730. The maximum Gasteiger partial charge on any atom is 0.120 e. The van der Waals surface area contributed by atoms with Gasteiger partial charge in [-0.3, -0.25) is 0 Å². The van der Waals surface area contributed by atoms with Gasteiger partial charge in [-0.05, 0) is 49.4 Å². The highest BCUT2D eigenvalue weighted by Gasteiger charge is 2.27. The van der Waals surface area contributed by atoms with Crippen LogP contribution in [0.15, 0.2) is 18.2 Å². The quantitative estimate of drug-likeness (QED) is 0.827. The lowest BCUT2D eigenvalue weighted by molar-refractivity contribution is 0.444. The van der Waals surface area contributed by atoms with Crippen molar-refractivity contribution < 1.29 is 5.11 Å². The molecule has 0 spiro atoms. The molecule has 1 aromatic rings. The Kier molecular flexibility index (Phi) is 3.72. The summed E-state index contributed by atoms with van der Waals surface area (Å²) in [7, 11) is 0. The Balaban J connectivity index is 1.81. The minimum absolute atomic E-state index is 0.316. The van der Waals surface area contributed by atoms with Gasteiger partial charge in [0.1, 0.15) is 5.75 Å². The standard InChI is InChI=1S/C13H18ClNO/c1-9(10-2-3-10)7-15-8-11-6-12(14)4-5-13(11)16/h4-6,9-10,15-16H,2-3,7-8H2,1H3. The molecular formula is C13H18ClNO. The van der Waals surface area contributed by atoms with E-state index in [0.717, 1.165) is 23.9 Å². The fraction of sp³-hybridized carbons (Fsp3) is 0.538. The molecule has 2 nitrogen and oxygen atoms in total. The summed E-state index contributed by atoms with van der Waals surface area (Å²) in [5.41, 5.74) is 0.871. The molecule has 1 atom stereocenters. The van der Waals surface area contributed by atoms with Gasteiger partial charge in [-0.2, -0.15) is 0 Å². The molecule has 1 aliphatic carbocycles. The third-order valence-electron chi connectivity index (χ3n) is 3.25. The van der Waals surface area contributed by atoms with Crippen LogP contribution in [0.25, 0.3) is 0 Å². The third kappa shape index (κ3) is 3.13. The summed E-state index contributed by atoms with van der Waals surface area (Å²) in [5, 5.41) is 13.7. The molecule has 0 saturated heterocycles. The highest BCUT2D eigenvalue weighted by Crippen LogP contribution is 2.36. The Morgan fingerprint density at radius 1 is 1.50 bits per heavy atom. The number of phenols is 1. The SMILES string of the molecule is CC(CNCc1cc(Cl)ccc1O)C1CC1. The number of aromatic hydroxyl groups is 1. The Bertz CT molecular complexity index is 363. The first-order valence-corrected chi connectivity index (χ1v) is 6.22. The minimum atomic E-state index is 0.316. The van der Waals surface area contributed by atoms with E-state index in [9.17, 15) is 5.11 Å². The highest BCUT2D eigenvalue weighted by molar-refractivity contribution is 6.30. The summed E-state index contributed by atoms with van der Waals surface area (Å²) >= 11 is 5.88. The van der Waals surface area contributed by atoms with E-state index >= 15 is 0 Å². The number of benzene rings is 1. The lowest BCUT2D eigenvalue weighted by atomic mass is 10.1. The van der Waals surface area contributed by atoms with Crippen LogP contribution in [-0.2, 0) is 6.54 Å². The molecule has 1 aliphatic rings. The second-order valence-electron chi connectivity index (χ2n) is 4.72. The topological polar surface area (TPSA) is 32.3 Å². The van der Waals surface area contributed by atoms with Gasteiger partial charge in [0.2, 0.25) is 0 Å². The maximum absolute atomic E-state index is 9.62. The molecule has 2 N–H and O–H groups in total. The van der Waals surface area contributed by atoms with Gasteiger partial charge >= 0.3 is 0 Å². The van der Waals surface area contributed by atoms with E-state index in [0.29, 0.717) is 17.3 Å². The van der Waals surface area contributed by atoms with Crippen LogP contribution < -0.4 is 5.32 Å². The molecule has 1 aromatic carbocycles. The Morgan fingerprint density at radius 3 is 2.94 bits per heavy atom. The molecule has 16 heavy (non-hydrogen) atoms. The molecule has 0 radical (unpaired) electrons. The third-order valence-corrected chi connectivity index (χ3v) is 3.49. The smallest absolute Gasteiger partial charge is 0.120 e. The van der Waals surface area contributed by atoms with Gasteiger partial charge < -0.3 is 10.4 Å². The fourth-order valence-electron chi connectivity index (χ4n) is 1.96. The van der Waals surface area contributed by atoms with Gasteiger partial charge in [-0.25, -0.2) is 0 Å². The summed E-state index contributed by atoms with van der Waals surface area (Å²) in [5.74, 6) is 1.97. The molecule has 1 fully saturated rings. The van der Waals surface area contributed by atoms with Crippen LogP contribution in [0.5, 0.6) is 5.75 Å². The van der Waals surface area contributed by atoms with Crippen molar-refractivity contribution in [2.24, 2.45) is 11.8 Å². The van der Waals surface area contributed by atoms with Gasteiger partial charge in [0.05, 0.1) is 0 Å². The van der Waals surface area contributed by atoms with Gasteiger partial charge in [0, 0.05) is 17.1 Å². The zero-order chi connectivity index (χ0) is 11.5. The average molecular weight is 240 g/mol. The average Bonchev–Trinajstić information content (AvgIpc) is 3.06. The van der Waals surface area contributed by atoms with Gasteiger partial charge in [0.15, 0.2) is 0 Å².